The summed E-state index contributed by atoms with van der Waals surface area (Å²) in [6.45, 7) is 0.299. The van der Waals surface area contributed by atoms with Gasteiger partial charge < -0.3 is 5.11 Å². The van der Waals surface area contributed by atoms with E-state index in [1.807, 2.05) is 0 Å². The Bertz CT molecular complexity index is 326. The molecule has 0 heterocycles. The minimum absolute atomic E-state index is 0.299. The maximum atomic E-state index is 8.72. The fourth-order valence-corrected chi connectivity index (χ4v) is 1.82. The molecule has 0 atom stereocenters. The molecule has 1 heteroatoms. The van der Waals surface area contributed by atoms with Crippen LogP contribution >= 0.6 is 0 Å². The largest absolute Gasteiger partial charge is 0.396 e. The number of aliphatic hydroxyl groups excluding tert-OH is 1. The summed E-state index contributed by atoms with van der Waals surface area (Å²) in [5.41, 5.74) is 4.24. The van der Waals surface area contributed by atoms with E-state index in [-0.39, 0.29) is 0 Å². The zero-order valence-electron chi connectivity index (χ0n) is 7.66. The minimum Gasteiger partial charge on any atom is -0.396 e. The van der Waals surface area contributed by atoms with Crippen molar-refractivity contribution >= 4 is 6.08 Å². The Balaban J connectivity index is 2.08. The lowest BCUT2D eigenvalue weighted by atomic mass is 10.1. The fourth-order valence-electron chi connectivity index (χ4n) is 1.82. The topological polar surface area (TPSA) is 20.2 Å². The van der Waals surface area contributed by atoms with E-state index in [0.29, 0.717) is 6.61 Å². The van der Waals surface area contributed by atoms with E-state index in [2.05, 4.69) is 30.3 Å². The van der Waals surface area contributed by atoms with Gasteiger partial charge in [0.15, 0.2) is 0 Å². The number of benzene rings is 1. The van der Waals surface area contributed by atoms with Crippen LogP contribution in [0.4, 0.5) is 0 Å². The Morgan fingerprint density at radius 2 is 2.08 bits per heavy atom. The van der Waals surface area contributed by atoms with Crippen molar-refractivity contribution < 1.29 is 5.11 Å². The van der Waals surface area contributed by atoms with E-state index in [1.165, 1.54) is 16.7 Å². The molecule has 68 valence electrons. The van der Waals surface area contributed by atoms with Crippen molar-refractivity contribution in [1.82, 2.24) is 0 Å². The van der Waals surface area contributed by atoms with Crippen LogP contribution in [0.2, 0.25) is 0 Å². The number of aliphatic hydroxyl groups is 1. The van der Waals surface area contributed by atoms with E-state index < -0.39 is 0 Å². The number of fused-ring (bicyclic) bond motifs is 1. The molecule has 1 aromatic carbocycles. The Hall–Kier alpha value is -1.08. The van der Waals surface area contributed by atoms with Gasteiger partial charge in [-0.25, -0.2) is 0 Å². The first kappa shape index (κ1) is 8.52. The molecule has 0 unspecified atom stereocenters. The first-order valence-corrected chi connectivity index (χ1v) is 4.78. The van der Waals surface area contributed by atoms with Crippen LogP contribution in [-0.2, 0) is 6.42 Å². The van der Waals surface area contributed by atoms with Crippen molar-refractivity contribution in [1.29, 1.82) is 0 Å². The van der Waals surface area contributed by atoms with Crippen molar-refractivity contribution in [3.05, 3.63) is 41.0 Å². The summed E-state index contributed by atoms with van der Waals surface area (Å²) in [6.07, 6.45) is 5.26. The highest BCUT2D eigenvalue weighted by atomic mass is 16.2. The summed E-state index contributed by atoms with van der Waals surface area (Å²) in [6, 6.07) is 8.49. The van der Waals surface area contributed by atoms with Gasteiger partial charge >= 0.3 is 0 Å². The van der Waals surface area contributed by atoms with E-state index in [1.54, 1.807) is 0 Å². The van der Waals surface area contributed by atoms with Crippen LogP contribution in [0.1, 0.15) is 24.0 Å². The van der Waals surface area contributed by atoms with Gasteiger partial charge in [0.1, 0.15) is 0 Å². The first-order chi connectivity index (χ1) is 6.40. The number of hydrogen-bond donors (Lipinski definition) is 1. The SMILES string of the molecule is OCCCC1=Cc2ccccc2C1. The maximum Gasteiger partial charge on any atom is 0.0434 e. The van der Waals surface area contributed by atoms with Crippen LogP contribution in [0.3, 0.4) is 0 Å². The molecule has 0 radical (unpaired) electrons. The third-order valence-electron chi connectivity index (χ3n) is 2.49. The molecule has 0 saturated carbocycles. The Morgan fingerprint density at radius 3 is 2.85 bits per heavy atom. The predicted octanol–water partition coefficient (Wildman–Crippen LogP) is 2.40. The van der Waals surface area contributed by atoms with E-state index in [4.69, 9.17) is 5.11 Å². The lowest BCUT2D eigenvalue weighted by Gasteiger charge is -1.98. The average molecular weight is 174 g/mol. The zero-order valence-corrected chi connectivity index (χ0v) is 7.66. The molecular weight excluding hydrogens is 160 g/mol. The molecule has 1 nitrogen and oxygen atoms in total. The van der Waals surface area contributed by atoms with Crippen LogP contribution in [0.15, 0.2) is 29.8 Å². The highest BCUT2D eigenvalue weighted by Crippen LogP contribution is 2.26. The Labute approximate surface area is 78.7 Å². The normalized spacial score (nSPS) is 14.1. The van der Waals surface area contributed by atoms with Crippen molar-refractivity contribution in [2.75, 3.05) is 6.61 Å². The van der Waals surface area contributed by atoms with Crippen LogP contribution in [0.25, 0.3) is 6.08 Å². The third kappa shape index (κ3) is 1.81. The molecule has 0 spiro atoms. The molecule has 1 N–H and O–H groups in total. The summed E-state index contributed by atoms with van der Waals surface area (Å²) in [5, 5.41) is 8.72. The summed E-state index contributed by atoms with van der Waals surface area (Å²) in [4.78, 5) is 0. The van der Waals surface area contributed by atoms with E-state index in [9.17, 15) is 0 Å². The van der Waals surface area contributed by atoms with Crippen molar-refractivity contribution in [3.63, 3.8) is 0 Å². The molecule has 1 aromatic rings. The Kier molecular flexibility index (Phi) is 2.46. The second-order valence-electron chi connectivity index (χ2n) is 3.51. The van der Waals surface area contributed by atoms with Gasteiger partial charge in [0.2, 0.25) is 0 Å². The van der Waals surface area contributed by atoms with Crippen molar-refractivity contribution in [2.45, 2.75) is 19.3 Å². The standard InChI is InChI=1S/C12H14O/c13-7-3-4-10-8-11-5-1-2-6-12(11)9-10/h1-2,5-6,8,13H,3-4,7,9H2. The highest BCUT2D eigenvalue weighted by molar-refractivity contribution is 5.63. The van der Waals surface area contributed by atoms with Gasteiger partial charge in [-0.2, -0.15) is 0 Å². The lowest BCUT2D eigenvalue weighted by Crippen LogP contribution is -1.87. The smallest absolute Gasteiger partial charge is 0.0434 e. The zero-order chi connectivity index (χ0) is 9.10. The minimum atomic E-state index is 0.299. The average Bonchev–Trinajstić information content (AvgIpc) is 2.57. The molecule has 0 fully saturated rings. The number of hydrogen-bond acceptors (Lipinski definition) is 1. The number of allylic oxidation sites excluding steroid dienone is 1. The van der Waals surface area contributed by atoms with Crippen molar-refractivity contribution in [2.24, 2.45) is 0 Å². The Morgan fingerprint density at radius 1 is 1.23 bits per heavy atom. The van der Waals surface area contributed by atoms with Gasteiger partial charge in [-0.05, 0) is 30.4 Å². The fraction of sp³-hybridized carbons (Fsp3) is 0.333. The third-order valence-corrected chi connectivity index (χ3v) is 2.49. The van der Waals surface area contributed by atoms with Gasteiger partial charge in [0.05, 0.1) is 0 Å². The first-order valence-electron chi connectivity index (χ1n) is 4.78. The van der Waals surface area contributed by atoms with Crippen LogP contribution < -0.4 is 0 Å². The van der Waals surface area contributed by atoms with E-state index >= 15 is 0 Å². The summed E-state index contributed by atoms with van der Waals surface area (Å²) in [5.74, 6) is 0. The highest BCUT2D eigenvalue weighted by Gasteiger charge is 2.10. The molecule has 0 amide bonds. The molecular formula is C12H14O. The van der Waals surface area contributed by atoms with Crippen LogP contribution in [0.5, 0.6) is 0 Å². The molecule has 2 rings (SSSR count). The molecule has 13 heavy (non-hydrogen) atoms. The molecule has 1 aliphatic rings. The lowest BCUT2D eigenvalue weighted by molar-refractivity contribution is 0.288. The monoisotopic (exact) mass is 174 g/mol. The van der Waals surface area contributed by atoms with Gasteiger partial charge in [-0.15, -0.1) is 0 Å². The summed E-state index contributed by atoms with van der Waals surface area (Å²) >= 11 is 0. The summed E-state index contributed by atoms with van der Waals surface area (Å²) < 4.78 is 0. The second-order valence-corrected chi connectivity index (χ2v) is 3.51. The second kappa shape index (κ2) is 3.75. The van der Waals surface area contributed by atoms with Gasteiger partial charge in [-0.1, -0.05) is 35.9 Å². The molecule has 0 aliphatic heterocycles. The number of rotatable bonds is 3. The molecule has 0 bridgehead atoms. The maximum absolute atomic E-state index is 8.72. The van der Waals surface area contributed by atoms with Crippen molar-refractivity contribution in [3.8, 4) is 0 Å². The molecule has 0 saturated heterocycles. The van der Waals surface area contributed by atoms with Gasteiger partial charge in [0.25, 0.3) is 0 Å². The van der Waals surface area contributed by atoms with Gasteiger partial charge in [-0.3, -0.25) is 0 Å². The summed E-state index contributed by atoms with van der Waals surface area (Å²) in [7, 11) is 0. The van der Waals surface area contributed by atoms with Crippen LogP contribution in [0, 0.1) is 0 Å². The molecule has 0 aromatic heterocycles. The van der Waals surface area contributed by atoms with Crippen LogP contribution in [-0.4, -0.2) is 11.7 Å². The quantitative estimate of drug-likeness (QED) is 0.746. The predicted molar refractivity (Wildman–Crippen MR) is 54.4 cm³/mol. The van der Waals surface area contributed by atoms with E-state index in [0.717, 1.165) is 19.3 Å². The molecule has 1 aliphatic carbocycles. The van der Waals surface area contributed by atoms with Gasteiger partial charge in [0, 0.05) is 6.61 Å².